The maximum atomic E-state index is 12.4. The minimum atomic E-state index is -0.481. The molecule has 2 aromatic rings. The van der Waals surface area contributed by atoms with Crippen molar-refractivity contribution in [2.24, 2.45) is 11.7 Å². The second-order valence-electron chi connectivity index (χ2n) is 6.25. The molecule has 3 N–H and O–H groups in total. The Kier molecular flexibility index (Phi) is 5.27. The second-order valence-corrected chi connectivity index (χ2v) is 6.25. The van der Waals surface area contributed by atoms with Gasteiger partial charge in [-0.2, -0.15) is 5.10 Å². The number of aromatic nitrogens is 2. The van der Waals surface area contributed by atoms with Crippen molar-refractivity contribution in [3.05, 3.63) is 48.3 Å². The number of nitrogens with one attached hydrogen (secondary N) is 1. The van der Waals surface area contributed by atoms with Gasteiger partial charge < -0.3 is 15.8 Å². The predicted octanol–water partition coefficient (Wildman–Crippen LogP) is 1.80. The highest BCUT2D eigenvalue weighted by Crippen LogP contribution is 2.20. The Morgan fingerprint density at radius 2 is 2.17 bits per heavy atom. The van der Waals surface area contributed by atoms with Crippen LogP contribution >= 0.6 is 0 Å². The van der Waals surface area contributed by atoms with Crippen LogP contribution in [0.5, 0.6) is 0 Å². The van der Waals surface area contributed by atoms with Gasteiger partial charge in [-0.1, -0.05) is 12.1 Å². The van der Waals surface area contributed by atoms with E-state index >= 15 is 0 Å². The van der Waals surface area contributed by atoms with Crippen LogP contribution in [0.2, 0.25) is 0 Å². The van der Waals surface area contributed by atoms with E-state index in [0.29, 0.717) is 13.2 Å². The third-order valence-corrected chi connectivity index (χ3v) is 4.57. The van der Waals surface area contributed by atoms with Gasteiger partial charge in [0, 0.05) is 25.6 Å². The Hall–Kier alpha value is -2.18. The molecule has 2 atom stereocenters. The van der Waals surface area contributed by atoms with Gasteiger partial charge in [0.2, 0.25) is 5.91 Å². The molecular formula is C18H24N4O2. The molecular weight excluding hydrogens is 304 g/mol. The summed E-state index contributed by atoms with van der Waals surface area (Å²) < 4.78 is 7.13. The summed E-state index contributed by atoms with van der Waals surface area (Å²) in [7, 11) is 0. The van der Waals surface area contributed by atoms with E-state index in [1.807, 2.05) is 43.5 Å². The number of ether oxygens (including phenoxy) is 1. The van der Waals surface area contributed by atoms with Crippen LogP contribution in [0.25, 0.3) is 5.69 Å². The molecule has 6 heteroatoms. The lowest BCUT2D eigenvalue weighted by Gasteiger charge is -2.28. The van der Waals surface area contributed by atoms with Crippen LogP contribution in [0.1, 0.15) is 31.4 Å². The summed E-state index contributed by atoms with van der Waals surface area (Å²) in [5.41, 5.74) is 8.13. The molecule has 1 aromatic carbocycles. The van der Waals surface area contributed by atoms with E-state index in [4.69, 9.17) is 10.5 Å². The highest BCUT2D eigenvalue weighted by atomic mass is 16.5. The third-order valence-electron chi connectivity index (χ3n) is 4.57. The number of benzene rings is 1. The molecule has 1 saturated heterocycles. The van der Waals surface area contributed by atoms with Crippen molar-refractivity contribution >= 4 is 5.91 Å². The molecule has 0 radical (unpaired) electrons. The second kappa shape index (κ2) is 7.59. The molecule has 6 nitrogen and oxygen atoms in total. The van der Waals surface area contributed by atoms with Gasteiger partial charge in [-0.15, -0.1) is 0 Å². The average molecular weight is 328 g/mol. The zero-order valence-corrected chi connectivity index (χ0v) is 13.9. The number of nitrogens with zero attached hydrogens (tertiary/aromatic N) is 2. The fourth-order valence-corrected chi connectivity index (χ4v) is 3.04. The quantitative estimate of drug-likeness (QED) is 0.877. The van der Waals surface area contributed by atoms with E-state index < -0.39 is 6.04 Å². The number of hydrogen-bond acceptors (Lipinski definition) is 4. The summed E-state index contributed by atoms with van der Waals surface area (Å²) >= 11 is 0. The number of amides is 1. The van der Waals surface area contributed by atoms with Crippen molar-refractivity contribution in [3.63, 3.8) is 0 Å². The van der Waals surface area contributed by atoms with Crippen molar-refractivity contribution < 1.29 is 9.53 Å². The van der Waals surface area contributed by atoms with Gasteiger partial charge in [-0.3, -0.25) is 4.79 Å². The fraction of sp³-hybridized carbons (Fsp3) is 0.444. The van der Waals surface area contributed by atoms with Crippen LogP contribution in [-0.4, -0.2) is 34.9 Å². The largest absolute Gasteiger partial charge is 0.381 e. The zero-order valence-electron chi connectivity index (χ0n) is 13.9. The monoisotopic (exact) mass is 328 g/mol. The number of carbonyl (C=O) groups is 1. The van der Waals surface area contributed by atoms with Gasteiger partial charge >= 0.3 is 0 Å². The molecule has 1 fully saturated rings. The molecule has 1 amide bonds. The number of carbonyl (C=O) groups excluding carboxylic acids is 1. The normalized spacial score (nSPS) is 18.1. The first-order chi connectivity index (χ1) is 11.6. The summed E-state index contributed by atoms with van der Waals surface area (Å²) in [5.74, 6) is 0.0975. The number of rotatable bonds is 5. The molecule has 1 aliphatic rings. The first-order valence-electron chi connectivity index (χ1n) is 8.39. The Balaban J connectivity index is 1.65. The third kappa shape index (κ3) is 3.83. The van der Waals surface area contributed by atoms with Gasteiger partial charge in [0.15, 0.2) is 0 Å². The molecule has 0 bridgehead atoms. The van der Waals surface area contributed by atoms with E-state index in [1.54, 1.807) is 10.9 Å². The summed E-state index contributed by atoms with van der Waals surface area (Å²) in [6.07, 6.45) is 5.32. The number of nitrogens with two attached hydrogens (primary N) is 1. The van der Waals surface area contributed by atoms with E-state index in [1.165, 1.54) is 0 Å². The van der Waals surface area contributed by atoms with Crippen LogP contribution in [0.3, 0.4) is 0 Å². The van der Waals surface area contributed by atoms with Gasteiger partial charge in [-0.05, 0) is 49.4 Å². The Morgan fingerprint density at radius 3 is 2.88 bits per heavy atom. The molecule has 24 heavy (non-hydrogen) atoms. The van der Waals surface area contributed by atoms with Crippen molar-refractivity contribution in [1.82, 2.24) is 15.1 Å². The van der Waals surface area contributed by atoms with Crippen LogP contribution in [0.4, 0.5) is 0 Å². The van der Waals surface area contributed by atoms with Gasteiger partial charge in [0.25, 0.3) is 0 Å². The van der Waals surface area contributed by atoms with Crippen LogP contribution in [0.15, 0.2) is 42.7 Å². The van der Waals surface area contributed by atoms with Gasteiger partial charge in [0.05, 0.1) is 17.8 Å². The van der Waals surface area contributed by atoms with E-state index in [-0.39, 0.29) is 17.9 Å². The highest BCUT2D eigenvalue weighted by Gasteiger charge is 2.27. The topological polar surface area (TPSA) is 82.2 Å². The zero-order chi connectivity index (χ0) is 16.9. The van der Waals surface area contributed by atoms with Crippen LogP contribution in [0, 0.1) is 5.92 Å². The SMILES string of the molecule is CC(NC(=O)C(N)C1CCOCC1)c1cccc(-n2cccn2)c1. The molecule has 0 aliphatic carbocycles. The standard InChI is InChI=1S/C18H24N4O2/c1-13(21-18(23)17(19)14-6-10-24-11-7-14)15-4-2-5-16(12-15)22-9-3-8-20-22/h2-5,8-9,12-14,17H,6-7,10-11,19H2,1H3,(H,21,23). The molecule has 2 heterocycles. The Labute approximate surface area is 142 Å². The molecule has 1 aromatic heterocycles. The Bertz CT molecular complexity index is 665. The lowest BCUT2D eigenvalue weighted by molar-refractivity contribution is -0.125. The minimum Gasteiger partial charge on any atom is -0.381 e. The van der Waals surface area contributed by atoms with Crippen molar-refractivity contribution in [1.29, 1.82) is 0 Å². The van der Waals surface area contributed by atoms with Crippen LogP contribution in [-0.2, 0) is 9.53 Å². The molecule has 128 valence electrons. The minimum absolute atomic E-state index is 0.0982. The summed E-state index contributed by atoms with van der Waals surface area (Å²) in [5, 5.41) is 7.27. The van der Waals surface area contributed by atoms with Crippen molar-refractivity contribution in [3.8, 4) is 5.69 Å². The molecule has 0 spiro atoms. The molecule has 2 unspecified atom stereocenters. The first kappa shape index (κ1) is 16.7. The molecule has 0 saturated carbocycles. The first-order valence-corrected chi connectivity index (χ1v) is 8.39. The average Bonchev–Trinajstić information content (AvgIpc) is 3.16. The summed E-state index contributed by atoms with van der Waals surface area (Å²) in [4.78, 5) is 12.4. The van der Waals surface area contributed by atoms with E-state index in [2.05, 4.69) is 10.4 Å². The summed E-state index contributed by atoms with van der Waals surface area (Å²) in [6.45, 7) is 3.34. The smallest absolute Gasteiger partial charge is 0.237 e. The molecule has 3 rings (SSSR count). The number of hydrogen-bond donors (Lipinski definition) is 2. The van der Waals surface area contributed by atoms with Crippen molar-refractivity contribution in [2.45, 2.75) is 31.8 Å². The Morgan fingerprint density at radius 1 is 1.38 bits per heavy atom. The van der Waals surface area contributed by atoms with E-state index in [9.17, 15) is 4.79 Å². The fourth-order valence-electron chi connectivity index (χ4n) is 3.04. The lowest BCUT2D eigenvalue weighted by Crippen LogP contribution is -2.47. The summed E-state index contributed by atoms with van der Waals surface area (Å²) in [6, 6.07) is 9.26. The molecule has 1 aliphatic heterocycles. The van der Waals surface area contributed by atoms with Gasteiger partial charge in [-0.25, -0.2) is 4.68 Å². The maximum Gasteiger partial charge on any atom is 0.237 e. The lowest BCUT2D eigenvalue weighted by atomic mass is 9.91. The van der Waals surface area contributed by atoms with E-state index in [0.717, 1.165) is 24.1 Å². The predicted molar refractivity (Wildman–Crippen MR) is 91.6 cm³/mol. The highest BCUT2D eigenvalue weighted by molar-refractivity contribution is 5.82. The maximum absolute atomic E-state index is 12.4. The van der Waals surface area contributed by atoms with Gasteiger partial charge in [0.1, 0.15) is 0 Å². The van der Waals surface area contributed by atoms with Crippen molar-refractivity contribution in [2.75, 3.05) is 13.2 Å². The van der Waals surface area contributed by atoms with Crippen LogP contribution < -0.4 is 11.1 Å².